The van der Waals surface area contributed by atoms with Crippen molar-refractivity contribution < 1.29 is 13.9 Å². The number of carbonyl (C=O) groups excluding carboxylic acids is 1. The van der Waals surface area contributed by atoms with Crippen molar-refractivity contribution in [3.05, 3.63) is 40.7 Å². The highest BCUT2D eigenvalue weighted by Crippen LogP contribution is 2.30. The smallest absolute Gasteiger partial charge is 0.358 e. The first-order chi connectivity index (χ1) is 10.0. The van der Waals surface area contributed by atoms with Gasteiger partial charge >= 0.3 is 5.97 Å². The van der Waals surface area contributed by atoms with E-state index in [1.807, 2.05) is 0 Å². The van der Waals surface area contributed by atoms with Crippen molar-refractivity contribution in [1.82, 2.24) is 4.98 Å². The van der Waals surface area contributed by atoms with E-state index in [1.54, 1.807) is 19.1 Å². The zero-order valence-corrected chi connectivity index (χ0v) is 13.2. The largest absolute Gasteiger partial charge is 0.461 e. The third kappa shape index (κ3) is 3.88. The number of benzene rings is 1. The van der Waals surface area contributed by atoms with Crippen LogP contribution in [-0.4, -0.2) is 17.6 Å². The Bertz CT molecular complexity index is 637. The molecule has 0 spiro atoms. The standard InChI is InChI=1S/C16H18FNO2S/c1-4-20-16(19)14-13(8-10(2)3)21-15(18-14)11-6-5-7-12(17)9-11/h5-7,9-10H,4,8H2,1-3H3. The van der Waals surface area contributed by atoms with Gasteiger partial charge in [-0.15, -0.1) is 11.3 Å². The van der Waals surface area contributed by atoms with Crippen LogP contribution in [0, 0.1) is 11.7 Å². The number of esters is 1. The molecule has 0 fully saturated rings. The molecule has 0 aliphatic carbocycles. The predicted octanol–water partition coefficient (Wildman–Crippen LogP) is 4.32. The van der Waals surface area contributed by atoms with Crippen LogP contribution in [0.25, 0.3) is 10.6 Å². The molecule has 3 nitrogen and oxygen atoms in total. The molecule has 0 amide bonds. The van der Waals surface area contributed by atoms with E-state index in [9.17, 15) is 9.18 Å². The highest BCUT2D eigenvalue weighted by atomic mass is 32.1. The summed E-state index contributed by atoms with van der Waals surface area (Å²) in [6.45, 7) is 6.24. The average molecular weight is 307 g/mol. The Morgan fingerprint density at radius 2 is 2.19 bits per heavy atom. The minimum atomic E-state index is -0.410. The molecule has 1 aromatic carbocycles. The van der Waals surface area contributed by atoms with E-state index < -0.39 is 5.97 Å². The van der Waals surface area contributed by atoms with Crippen LogP contribution in [0.4, 0.5) is 4.39 Å². The van der Waals surface area contributed by atoms with E-state index >= 15 is 0 Å². The molecule has 0 aliphatic rings. The molecule has 21 heavy (non-hydrogen) atoms. The number of aromatic nitrogens is 1. The number of carbonyl (C=O) groups is 1. The van der Waals surface area contributed by atoms with Crippen molar-refractivity contribution in [3.8, 4) is 10.6 Å². The minimum absolute atomic E-state index is 0.312. The average Bonchev–Trinajstić information content (AvgIpc) is 2.82. The van der Waals surface area contributed by atoms with Crippen LogP contribution in [0.2, 0.25) is 0 Å². The summed E-state index contributed by atoms with van der Waals surface area (Å²) in [5.74, 6) is -0.322. The maximum atomic E-state index is 13.3. The molecule has 0 radical (unpaired) electrons. The molecule has 112 valence electrons. The molecule has 2 rings (SSSR count). The highest BCUT2D eigenvalue weighted by Gasteiger charge is 2.20. The fourth-order valence-corrected chi connectivity index (χ4v) is 3.22. The molecule has 5 heteroatoms. The lowest BCUT2D eigenvalue weighted by molar-refractivity contribution is 0.0519. The summed E-state index contributed by atoms with van der Waals surface area (Å²) >= 11 is 1.43. The molecule has 1 aromatic heterocycles. The number of halogens is 1. The van der Waals surface area contributed by atoms with Crippen LogP contribution >= 0.6 is 11.3 Å². The molecular weight excluding hydrogens is 289 g/mol. The Balaban J connectivity index is 2.42. The number of hydrogen-bond acceptors (Lipinski definition) is 4. The summed E-state index contributed by atoms with van der Waals surface area (Å²) in [7, 11) is 0. The molecule has 1 heterocycles. The summed E-state index contributed by atoms with van der Waals surface area (Å²) in [5.41, 5.74) is 1.04. The Morgan fingerprint density at radius 3 is 2.81 bits per heavy atom. The molecule has 0 saturated carbocycles. The highest BCUT2D eigenvalue weighted by molar-refractivity contribution is 7.15. The topological polar surface area (TPSA) is 39.2 Å². The van der Waals surface area contributed by atoms with Gasteiger partial charge in [0.1, 0.15) is 10.8 Å². The van der Waals surface area contributed by atoms with E-state index in [1.165, 1.54) is 23.5 Å². The van der Waals surface area contributed by atoms with Gasteiger partial charge in [0.15, 0.2) is 5.69 Å². The minimum Gasteiger partial charge on any atom is -0.461 e. The van der Waals surface area contributed by atoms with Crippen molar-refractivity contribution >= 4 is 17.3 Å². The van der Waals surface area contributed by atoms with E-state index in [2.05, 4.69) is 18.8 Å². The van der Waals surface area contributed by atoms with Gasteiger partial charge in [-0.05, 0) is 31.4 Å². The SMILES string of the molecule is CCOC(=O)c1nc(-c2cccc(F)c2)sc1CC(C)C. The summed E-state index contributed by atoms with van der Waals surface area (Å²) in [5, 5.41) is 0.646. The van der Waals surface area contributed by atoms with E-state index in [-0.39, 0.29) is 5.82 Å². The third-order valence-corrected chi connectivity index (χ3v) is 3.96. The van der Waals surface area contributed by atoms with Gasteiger partial charge < -0.3 is 4.74 Å². The summed E-state index contributed by atoms with van der Waals surface area (Å²) in [6.07, 6.45) is 0.751. The van der Waals surface area contributed by atoms with E-state index in [4.69, 9.17) is 4.74 Å². The lowest BCUT2D eigenvalue weighted by atomic mass is 10.1. The quantitative estimate of drug-likeness (QED) is 0.772. The van der Waals surface area contributed by atoms with Gasteiger partial charge in [-0.3, -0.25) is 0 Å². The molecule has 0 atom stereocenters. The molecule has 0 aliphatic heterocycles. The van der Waals surface area contributed by atoms with Crippen molar-refractivity contribution in [2.24, 2.45) is 5.92 Å². The Kier molecular flexibility index (Phi) is 5.07. The second-order valence-electron chi connectivity index (χ2n) is 5.12. The van der Waals surface area contributed by atoms with Crippen molar-refractivity contribution in [2.45, 2.75) is 27.2 Å². The second kappa shape index (κ2) is 6.80. The zero-order chi connectivity index (χ0) is 15.4. The number of ether oxygens (including phenoxy) is 1. The van der Waals surface area contributed by atoms with Crippen LogP contribution in [0.1, 0.15) is 36.1 Å². The lowest BCUT2D eigenvalue weighted by Gasteiger charge is -2.04. The van der Waals surface area contributed by atoms with Crippen molar-refractivity contribution in [3.63, 3.8) is 0 Å². The van der Waals surface area contributed by atoms with E-state index in [0.717, 1.165) is 11.3 Å². The van der Waals surface area contributed by atoms with Crippen LogP contribution in [-0.2, 0) is 11.2 Å². The fraction of sp³-hybridized carbons (Fsp3) is 0.375. The Labute approximate surface area is 127 Å². The Morgan fingerprint density at radius 1 is 1.43 bits per heavy atom. The maximum Gasteiger partial charge on any atom is 0.358 e. The normalized spacial score (nSPS) is 10.9. The van der Waals surface area contributed by atoms with Gasteiger partial charge in [-0.25, -0.2) is 14.2 Å². The van der Waals surface area contributed by atoms with Gasteiger partial charge in [0, 0.05) is 10.4 Å². The van der Waals surface area contributed by atoms with Gasteiger partial charge in [0.25, 0.3) is 0 Å². The first-order valence-corrected chi connectivity index (χ1v) is 7.75. The van der Waals surface area contributed by atoms with Crippen LogP contribution in [0.3, 0.4) is 0 Å². The van der Waals surface area contributed by atoms with Gasteiger partial charge in [-0.1, -0.05) is 26.0 Å². The van der Waals surface area contributed by atoms with Gasteiger partial charge in [0.2, 0.25) is 0 Å². The number of nitrogens with zero attached hydrogens (tertiary/aromatic N) is 1. The molecule has 0 saturated heterocycles. The third-order valence-electron chi connectivity index (χ3n) is 2.83. The Hall–Kier alpha value is -1.75. The van der Waals surface area contributed by atoms with Crippen LogP contribution < -0.4 is 0 Å². The summed E-state index contributed by atoms with van der Waals surface area (Å²) < 4.78 is 18.4. The number of thiazole rings is 1. The van der Waals surface area contributed by atoms with Gasteiger partial charge in [0.05, 0.1) is 6.61 Å². The molecule has 0 N–H and O–H groups in total. The molecule has 0 bridgehead atoms. The first-order valence-electron chi connectivity index (χ1n) is 6.94. The van der Waals surface area contributed by atoms with E-state index in [0.29, 0.717) is 28.8 Å². The number of rotatable bonds is 5. The van der Waals surface area contributed by atoms with Crippen LogP contribution in [0.5, 0.6) is 0 Å². The maximum absolute atomic E-state index is 13.3. The predicted molar refractivity (Wildman–Crippen MR) is 82.0 cm³/mol. The summed E-state index contributed by atoms with van der Waals surface area (Å²) in [4.78, 5) is 17.3. The fourth-order valence-electron chi connectivity index (χ4n) is 1.96. The van der Waals surface area contributed by atoms with Crippen LogP contribution in [0.15, 0.2) is 24.3 Å². The monoisotopic (exact) mass is 307 g/mol. The van der Waals surface area contributed by atoms with Crippen molar-refractivity contribution in [2.75, 3.05) is 6.61 Å². The lowest BCUT2D eigenvalue weighted by Crippen LogP contribution is -2.08. The first kappa shape index (κ1) is 15.6. The molecular formula is C16H18FNO2S. The number of hydrogen-bond donors (Lipinski definition) is 0. The summed E-state index contributed by atoms with van der Waals surface area (Å²) in [6, 6.07) is 6.24. The van der Waals surface area contributed by atoms with Gasteiger partial charge in [-0.2, -0.15) is 0 Å². The molecule has 2 aromatic rings. The zero-order valence-electron chi connectivity index (χ0n) is 12.4. The second-order valence-corrected chi connectivity index (χ2v) is 6.20. The van der Waals surface area contributed by atoms with Crippen molar-refractivity contribution in [1.29, 1.82) is 0 Å². The molecule has 0 unspecified atom stereocenters.